The van der Waals surface area contributed by atoms with Crippen LogP contribution >= 0.6 is 15.9 Å². The summed E-state index contributed by atoms with van der Waals surface area (Å²) in [6.07, 6.45) is 0. The number of rotatable bonds is 5. The molecule has 1 unspecified atom stereocenters. The molecule has 2 rings (SSSR count). The van der Waals surface area contributed by atoms with Crippen molar-refractivity contribution in [2.24, 2.45) is 0 Å². The first kappa shape index (κ1) is 15.9. The predicted octanol–water partition coefficient (Wildman–Crippen LogP) is 5.19. The molecule has 2 nitrogen and oxygen atoms in total. The number of ether oxygens (including phenoxy) is 1. The van der Waals surface area contributed by atoms with Crippen LogP contribution in [0.1, 0.15) is 25.5 Å². The minimum absolute atomic E-state index is 0.0270. The molecule has 0 aliphatic heterocycles. The summed E-state index contributed by atoms with van der Waals surface area (Å²) >= 11 is 3.41. The monoisotopic (exact) mass is 355 g/mol. The normalized spacial score (nSPS) is 12.2. The number of hydrogen-bond donors (Lipinski definition) is 1. The Morgan fingerprint density at radius 2 is 1.95 bits per heavy atom. The Labute approximate surface area is 131 Å². The zero-order chi connectivity index (χ0) is 15.4. The van der Waals surface area contributed by atoms with Crippen molar-refractivity contribution in [3.63, 3.8) is 0 Å². The van der Waals surface area contributed by atoms with E-state index in [2.05, 4.69) is 21.2 Å². The Morgan fingerprint density at radius 3 is 2.67 bits per heavy atom. The molecule has 0 spiro atoms. The summed E-state index contributed by atoms with van der Waals surface area (Å²) < 4.78 is 33.4. The van der Waals surface area contributed by atoms with E-state index in [-0.39, 0.29) is 11.8 Å². The van der Waals surface area contributed by atoms with Crippen LogP contribution in [-0.2, 0) is 0 Å². The summed E-state index contributed by atoms with van der Waals surface area (Å²) in [7, 11) is 0. The highest BCUT2D eigenvalue weighted by molar-refractivity contribution is 9.10. The van der Waals surface area contributed by atoms with E-state index in [9.17, 15) is 8.78 Å². The molecule has 1 atom stereocenters. The molecule has 0 radical (unpaired) electrons. The number of benzene rings is 2. The van der Waals surface area contributed by atoms with Crippen LogP contribution in [0.25, 0.3) is 0 Å². The largest absolute Gasteiger partial charge is 0.454 e. The van der Waals surface area contributed by atoms with Crippen molar-refractivity contribution in [1.82, 2.24) is 5.32 Å². The predicted molar refractivity (Wildman–Crippen MR) is 82.7 cm³/mol. The Morgan fingerprint density at radius 1 is 1.19 bits per heavy atom. The minimum atomic E-state index is -0.984. The van der Waals surface area contributed by atoms with Crippen LogP contribution in [0.5, 0.6) is 11.5 Å². The lowest BCUT2D eigenvalue weighted by Crippen LogP contribution is -2.18. The molecule has 2 aromatic rings. The van der Waals surface area contributed by atoms with Gasteiger partial charge in [0.1, 0.15) is 5.75 Å². The van der Waals surface area contributed by atoms with Gasteiger partial charge in [0.2, 0.25) is 5.82 Å². The first-order valence-electron chi connectivity index (χ1n) is 6.67. The second kappa shape index (κ2) is 7.00. The van der Waals surface area contributed by atoms with Gasteiger partial charge in [-0.05, 0) is 43.8 Å². The quantitative estimate of drug-likeness (QED) is 0.796. The molecule has 0 heterocycles. The summed E-state index contributed by atoms with van der Waals surface area (Å²) in [5, 5.41) is 3.27. The first-order valence-corrected chi connectivity index (χ1v) is 7.47. The van der Waals surface area contributed by atoms with Crippen LogP contribution < -0.4 is 10.1 Å². The van der Waals surface area contributed by atoms with Crippen LogP contribution in [-0.4, -0.2) is 6.54 Å². The van der Waals surface area contributed by atoms with Gasteiger partial charge in [0, 0.05) is 16.1 Å². The van der Waals surface area contributed by atoms with Gasteiger partial charge in [0.15, 0.2) is 11.6 Å². The van der Waals surface area contributed by atoms with Crippen molar-refractivity contribution < 1.29 is 13.5 Å². The van der Waals surface area contributed by atoms with Gasteiger partial charge in [0.25, 0.3) is 0 Å². The van der Waals surface area contributed by atoms with Crippen LogP contribution in [0.3, 0.4) is 0 Å². The second-order valence-electron chi connectivity index (χ2n) is 4.62. The van der Waals surface area contributed by atoms with Crippen LogP contribution in [0.2, 0.25) is 0 Å². The van der Waals surface area contributed by atoms with Crippen LogP contribution in [0, 0.1) is 11.6 Å². The standard InChI is InChI=1S/C16H16BrF2NO/c1-3-20-10(2)12-9-11(17)7-8-14(12)21-15-6-4-5-13(18)16(15)19/h4-10,20H,3H2,1-2H3. The fourth-order valence-electron chi connectivity index (χ4n) is 2.05. The second-order valence-corrected chi connectivity index (χ2v) is 5.53. The lowest BCUT2D eigenvalue weighted by atomic mass is 10.1. The Kier molecular flexibility index (Phi) is 5.31. The van der Waals surface area contributed by atoms with Crippen LogP contribution in [0.4, 0.5) is 8.78 Å². The van der Waals surface area contributed by atoms with Crippen molar-refractivity contribution in [3.8, 4) is 11.5 Å². The lowest BCUT2D eigenvalue weighted by Gasteiger charge is -2.18. The van der Waals surface area contributed by atoms with Crippen molar-refractivity contribution >= 4 is 15.9 Å². The molecule has 0 fully saturated rings. The maximum atomic E-state index is 13.7. The van der Waals surface area contributed by atoms with E-state index < -0.39 is 11.6 Å². The van der Waals surface area contributed by atoms with Gasteiger partial charge in [-0.15, -0.1) is 0 Å². The molecule has 0 amide bonds. The third kappa shape index (κ3) is 3.80. The molecular formula is C16H16BrF2NO. The fraction of sp³-hybridized carbons (Fsp3) is 0.250. The summed E-state index contributed by atoms with van der Waals surface area (Å²) in [4.78, 5) is 0. The maximum Gasteiger partial charge on any atom is 0.201 e. The van der Waals surface area contributed by atoms with E-state index in [0.29, 0.717) is 5.75 Å². The smallest absolute Gasteiger partial charge is 0.201 e. The Balaban J connectivity index is 2.37. The molecule has 1 N–H and O–H groups in total. The molecule has 5 heteroatoms. The third-order valence-electron chi connectivity index (χ3n) is 3.08. The molecule has 0 bridgehead atoms. The SMILES string of the molecule is CCNC(C)c1cc(Br)ccc1Oc1cccc(F)c1F. The molecule has 0 saturated heterocycles. The zero-order valence-corrected chi connectivity index (χ0v) is 13.4. The van der Waals surface area contributed by atoms with Gasteiger partial charge < -0.3 is 10.1 Å². The van der Waals surface area contributed by atoms with E-state index in [1.807, 2.05) is 19.9 Å². The van der Waals surface area contributed by atoms with E-state index in [4.69, 9.17) is 4.74 Å². The average Bonchev–Trinajstić information content (AvgIpc) is 2.46. The lowest BCUT2D eigenvalue weighted by molar-refractivity contribution is 0.408. The highest BCUT2D eigenvalue weighted by Gasteiger charge is 2.15. The number of hydrogen-bond acceptors (Lipinski definition) is 2. The Hall–Kier alpha value is -1.46. The third-order valence-corrected chi connectivity index (χ3v) is 3.58. The number of nitrogens with one attached hydrogen (secondary N) is 1. The van der Waals surface area contributed by atoms with Crippen molar-refractivity contribution in [1.29, 1.82) is 0 Å². The Bertz CT molecular complexity index is 634. The van der Waals surface area contributed by atoms with Crippen molar-refractivity contribution in [2.75, 3.05) is 6.54 Å². The van der Waals surface area contributed by atoms with E-state index >= 15 is 0 Å². The summed E-state index contributed by atoms with van der Waals surface area (Å²) in [6, 6.07) is 9.35. The first-order chi connectivity index (χ1) is 10.0. The van der Waals surface area contributed by atoms with Gasteiger partial charge >= 0.3 is 0 Å². The minimum Gasteiger partial charge on any atom is -0.454 e. The topological polar surface area (TPSA) is 21.3 Å². The van der Waals surface area contributed by atoms with Gasteiger partial charge in [-0.2, -0.15) is 4.39 Å². The molecular weight excluding hydrogens is 340 g/mol. The highest BCUT2D eigenvalue weighted by atomic mass is 79.9. The van der Waals surface area contributed by atoms with E-state index in [0.717, 1.165) is 22.6 Å². The molecule has 0 aliphatic carbocycles. The molecule has 0 aromatic heterocycles. The van der Waals surface area contributed by atoms with Gasteiger partial charge in [-0.25, -0.2) is 4.39 Å². The molecule has 2 aromatic carbocycles. The van der Waals surface area contributed by atoms with E-state index in [1.165, 1.54) is 12.1 Å². The van der Waals surface area contributed by atoms with E-state index in [1.54, 1.807) is 12.1 Å². The maximum absolute atomic E-state index is 13.7. The molecule has 21 heavy (non-hydrogen) atoms. The molecule has 0 saturated carbocycles. The van der Waals surface area contributed by atoms with Gasteiger partial charge in [-0.3, -0.25) is 0 Å². The number of halogens is 3. The summed E-state index contributed by atoms with van der Waals surface area (Å²) in [5.74, 6) is -1.54. The average molecular weight is 356 g/mol. The molecule has 112 valence electrons. The van der Waals surface area contributed by atoms with Gasteiger partial charge in [-0.1, -0.05) is 28.9 Å². The fourth-order valence-corrected chi connectivity index (χ4v) is 2.43. The molecule has 0 aliphatic rings. The summed E-state index contributed by atoms with van der Waals surface area (Å²) in [5.41, 5.74) is 0.870. The summed E-state index contributed by atoms with van der Waals surface area (Å²) in [6.45, 7) is 4.78. The highest BCUT2D eigenvalue weighted by Crippen LogP contribution is 2.33. The van der Waals surface area contributed by atoms with Crippen LogP contribution in [0.15, 0.2) is 40.9 Å². The zero-order valence-electron chi connectivity index (χ0n) is 11.8. The van der Waals surface area contributed by atoms with Crippen molar-refractivity contribution in [2.45, 2.75) is 19.9 Å². The van der Waals surface area contributed by atoms with Crippen molar-refractivity contribution in [3.05, 3.63) is 58.1 Å². The van der Waals surface area contributed by atoms with Gasteiger partial charge in [0.05, 0.1) is 0 Å².